The molecule has 1 nitrogen and oxygen atoms in total. The van der Waals surface area contributed by atoms with Crippen LogP contribution in [-0.4, -0.2) is 0 Å². The molecule has 0 aliphatic carbocycles. The highest BCUT2D eigenvalue weighted by Gasteiger charge is 1.98. The van der Waals surface area contributed by atoms with Crippen LogP contribution in [0.25, 0.3) is 0 Å². The molecule has 88 valence electrons. The standard InChI is InChI=1S/C15H16IN/c1-11-6-7-15(12(2)8-11)17-10-13-4-3-5-14(16)9-13/h3-9,17H,10H2,1-2H3. The van der Waals surface area contributed by atoms with Gasteiger partial charge in [-0.3, -0.25) is 0 Å². The molecule has 0 atom stereocenters. The summed E-state index contributed by atoms with van der Waals surface area (Å²) < 4.78 is 1.28. The minimum absolute atomic E-state index is 0.876. The molecule has 0 spiro atoms. The van der Waals surface area contributed by atoms with Crippen LogP contribution in [0.5, 0.6) is 0 Å². The summed E-state index contributed by atoms with van der Waals surface area (Å²) in [5, 5.41) is 3.48. The Balaban J connectivity index is 2.07. The lowest BCUT2D eigenvalue weighted by molar-refractivity contribution is 1.13. The Morgan fingerprint density at radius 2 is 1.88 bits per heavy atom. The fraction of sp³-hybridized carbons (Fsp3) is 0.200. The molecule has 0 heterocycles. The van der Waals surface area contributed by atoms with Crippen molar-refractivity contribution in [2.24, 2.45) is 0 Å². The van der Waals surface area contributed by atoms with Crippen LogP contribution in [0.1, 0.15) is 16.7 Å². The van der Waals surface area contributed by atoms with Gasteiger partial charge in [-0.25, -0.2) is 0 Å². The molecule has 1 N–H and O–H groups in total. The molecule has 2 rings (SSSR count). The maximum Gasteiger partial charge on any atom is 0.0401 e. The summed E-state index contributed by atoms with van der Waals surface area (Å²) in [6.45, 7) is 5.14. The predicted octanol–water partition coefficient (Wildman–Crippen LogP) is 4.52. The van der Waals surface area contributed by atoms with Gasteiger partial charge in [0.1, 0.15) is 0 Å². The first-order chi connectivity index (χ1) is 8.15. The van der Waals surface area contributed by atoms with Crippen LogP contribution in [0.4, 0.5) is 5.69 Å². The second-order valence-electron chi connectivity index (χ2n) is 4.30. The van der Waals surface area contributed by atoms with Gasteiger partial charge in [-0.2, -0.15) is 0 Å². The van der Waals surface area contributed by atoms with Crippen LogP contribution < -0.4 is 5.32 Å². The molecule has 0 saturated carbocycles. The molecule has 17 heavy (non-hydrogen) atoms. The van der Waals surface area contributed by atoms with E-state index >= 15 is 0 Å². The third-order valence-corrected chi connectivity index (χ3v) is 3.42. The first-order valence-electron chi connectivity index (χ1n) is 5.71. The molecule has 0 saturated heterocycles. The molecule has 2 aromatic rings. The van der Waals surface area contributed by atoms with Gasteiger partial charge in [0, 0.05) is 15.8 Å². The summed E-state index contributed by atoms with van der Waals surface area (Å²) in [5.74, 6) is 0. The fourth-order valence-corrected chi connectivity index (χ4v) is 2.46. The molecular weight excluding hydrogens is 321 g/mol. The first kappa shape index (κ1) is 12.4. The van der Waals surface area contributed by atoms with Crippen LogP contribution in [0.3, 0.4) is 0 Å². The highest BCUT2D eigenvalue weighted by Crippen LogP contribution is 2.17. The largest absolute Gasteiger partial charge is 0.381 e. The summed E-state index contributed by atoms with van der Waals surface area (Å²) in [4.78, 5) is 0. The van der Waals surface area contributed by atoms with Gasteiger partial charge in [0.25, 0.3) is 0 Å². The van der Waals surface area contributed by atoms with Crippen LogP contribution in [0.15, 0.2) is 42.5 Å². The van der Waals surface area contributed by atoms with Crippen molar-refractivity contribution in [3.8, 4) is 0 Å². The van der Waals surface area contributed by atoms with Gasteiger partial charge >= 0.3 is 0 Å². The predicted molar refractivity (Wildman–Crippen MR) is 82.4 cm³/mol. The van der Waals surface area contributed by atoms with E-state index in [1.54, 1.807) is 0 Å². The molecule has 0 amide bonds. The number of nitrogens with one attached hydrogen (secondary N) is 1. The van der Waals surface area contributed by atoms with Crippen molar-refractivity contribution < 1.29 is 0 Å². The van der Waals surface area contributed by atoms with Gasteiger partial charge in [-0.15, -0.1) is 0 Å². The van der Waals surface area contributed by atoms with Gasteiger partial charge in [0.15, 0.2) is 0 Å². The molecule has 0 bridgehead atoms. The van der Waals surface area contributed by atoms with E-state index in [0.29, 0.717) is 0 Å². The molecular formula is C15H16IN. The Bertz CT molecular complexity index is 520. The Kier molecular flexibility index (Phi) is 4.05. The molecule has 2 aromatic carbocycles. The zero-order chi connectivity index (χ0) is 12.3. The number of anilines is 1. The van der Waals surface area contributed by atoms with Crippen LogP contribution >= 0.6 is 22.6 Å². The lowest BCUT2D eigenvalue weighted by atomic mass is 10.1. The maximum absolute atomic E-state index is 3.48. The number of halogens is 1. The van der Waals surface area contributed by atoms with E-state index in [4.69, 9.17) is 0 Å². The summed E-state index contributed by atoms with van der Waals surface area (Å²) >= 11 is 2.34. The molecule has 0 aliphatic heterocycles. The van der Waals surface area contributed by atoms with Crippen molar-refractivity contribution in [1.29, 1.82) is 0 Å². The third-order valence-electron chi connectivity index (χ3n) is 2.75. The first-order valence-corrected chi connectivity index (χ1v) is 6.78. The minimum atomic E-state index is 0.876. The summed E-state index contributed by atoms with van der Waals surface area (Å²) in [7, 11) is 0. The lowest BCUT2D eigenvalue weighted by Gasteiger charge is -2.10. The summed E-state index contributed by atoms with van der Waals surface area (Å²) in [6.07, 6.45) is 0. The number of hydrogen-bond donors (Lipinski definition) is 1. The molecule has 2 heteroatoms. The van der Waals surface area contributed by atoms with Crippen molar-refractivity contribution in [3.63, 3.8) is 0 Å². The normalized spacial score (nSPS) is 10.3. The van der Waals surface area contributed by atoms with E-state index in [1.807, 2.05) is 0 Å². The Morgan fingerprint density at radius 3 is 2.59 bits per heavy atom. The Labute approximate surface area is 116 Å². The molecule has 0 aromatic heterocycles. The third kappa shape index (κ3) is 3.46. The quantitative estimate of drug-likeness (QED) is 0.812. The summed E-state index contributed by atoms with van der Waals surface area (Å²) in [5.41, 5.74) is 5.14. The maximum atomic E-state index is 3.48. The van der Waals surface area contributed by atoms with Crippen molar-refractivity contribution in [2.75, 3.05) is 5.32 Å². The monoisotopic (exact) mass is 337 g/mol. The van der Waals surface area contributed by atoms with Crippen LogP contribution in [0.2, 0.25) is 0 Å². The van der Waals surface area contributed by atoms with E-state index in [0.717, 1.165) is 6.54 Å². The average molecular weight is 337 g/mol. The van der Waals surface area contributed by atoms with Crippen molar-refractivity contribution >= 4 is 28.3 Å². The van der Waals surface area contributed by atoms with E-state index in [9.17, 15) is 0 Å². The zero-order valence-electron chi connectivity index (χ0n) is 10.1. The topological polar surface area (TPSA) is 12.0 Å². The molecule has 0 radical (unpaired) electrons. The van der Waals surface area contributed by atoms with Crippen molar-refractivity contribution in [2.45, 2.75) is 20.4 Å². The molecule has 0 fully saturated rings. The number of benzene rings is 2. The smallest absolute Gasteiger partial charge is 0.0401 e. The molecule has 0 unspecified atom stereocenters. The van der Waals surface area contributed by atoms with E-state index in [1.165, 1.54) is 25.9 Å². The van der Waals surface area contributed by atoms with Gasteiger partial charge in [0.05, 0.1) is 0 Å². The highest BCUT2D eigenvalue weighted by atomic mass is 127. The van der Waals surface area contributed by atoms with E-state index in [-0.39, 0.29) is 0 Å². The van der Waals surface area contributed by atoms with Gasteiger partial charge in [0.2, 0.25) is 0 Å². The Morgan fingerprint density at radius 1 is 1.06 bits per heavy atom. The van der Waals surface area contributed by atoms with Gasteiger partial charge in [-0.1, -0.05) is 29.8 Å². The van der Waals surface area contributed by atoms with Gasteiger partial charge in [-0.05, 0) is 65.8 Å². The van der Waals surface area contributed by atoms with Gasteiger partial charge < -0.3 is 5.32 Å². The molecule has 0 aliphatic rings. The average Bonchev–Trinajstić information content (AvgIpc) is 2.28. The highest BCUT2D eigenvalue weighted by molar-refractivity contribution is 14.1. The van der Waals surface area contributed by atoms with E-state index < -0.39 is 0 Å². The zero-order valence-corrected chi connectivity index (χ0v) is 12.3. The lowest BCUT2D eigenvalue weighted by Crippen LogP contribution is -2.01. The Hall–Kier alpha value is -1.03. The number of aryl methyl sites for hydroxylation is 2. The second kappa shape index (κ2) is 5.54. The van der Waals surface area contributed by atoms with Crippen molar-refractivity contribution in [1.82, 2.24) is 0 Å². The number of rotatable bonds is 3. The SMILES string of the molecule is Cc1ccc(NCc2cccc(I)c2)c(C)c1. The summed E-state index contributed by atoms with van der Waals surface area (Å²) in [6, 6.07) is 15.1. The van der Waals surface area contributed by atoms with Crippen LogP contribution in [0, 0.1) is 17.4 Å². The van der Waals surface area contributed by atoms with Crippen molar-refractivity contribution in [3.05, 3.63) is 62.7 Å². The second-order valence-corrected chi connectivity index (χ2v) is 5.55. The van der Waals surface area contributed by atoms with Crippen LogP contribution in [-0.2, 0) is 6.54 Å². The fourth-order valence-electron chi connectivity index (χ4n) is 1.86. The minimum Gasteiger partial charge on any atom is -0.381 e. The number of hydrogen-bond acceptors (Lipinski definition) is 1. The van der Waals surface area contributed by atoms with E-state index in [2.05, 4.69) is 84.2 Å².